The van der Waals surface area contributed by atoms with Crippen LogP contribution in [0.15, 0.2) is 41.3 Å². The number of aromatic nitrogens is 2. The van der Waals surface area contributed by atoms with Crippen molar-refractivity contribution in [2.45, 2.75) is 6.42 Å². The predicted molar refractivity (Wildman–Crippen MR) is 97.4 cm³/mol. The van der Waals surface area contributed by atoms with Crippen molar-refractivity contribution in [2.24, 2.45) is 0 Å². The highest BCUT2D eigenvalue weighted by Gasteiger charge is 2.08. The van der Waals surface area contributed by atoms with Crippen LogP contribution in [0.2, 0.25) is 0 Å². The molecule has 0 aliphatic rings. The summed E-state index contributed by atoms with van der Waals surface area (Å²) in [7, 11) is 4.09. The molecule has 1 aromatic carbocycles. The fraction of sp³-hybridized carbons (Fsp3) is 0.278. The molecule has 0 spiro atoms. The summed E-state index contributed by atoms with van der Waals surface area (Å²) in [4.78, 5) is 20.0. The normalized spacial score (nSPS) is 11.3. The Balaban J connectivity index is 1.81. The maximum Gasteiger partial charge on any atom is 0.257 e. The van der Waals surface area contributed by atoms with Crippen molar-refractivity contribution < 1.29 is 4.74 Å². The summed E-state index contributed by atoms with van der Waals surface area (Å²) >= 11 is 0. The van der Waals surface area contributed by atoms with Gasteiger partial charge < -0.3 is 25.3 Å². The highest BCUT2D eigenvalue weighted by Crippen LogP contribution is 2.26. The Morgan fingerprint density at radius 1 is 1.21 bits per heavy atom. The SMILES string of the molecule is CN(C)CCCOc1ccc2[nH]c(-c3cc(N)c[nH]c3=O)cc2c1. The van der Waals surface area contributed by atoms with E-state index >= 15 is 0 Å². The third-order valence-corrected chi connectivity index (χ3v) is 3.83. The number of pyridine rings is 1. The van der Waals surface area contributed by atoms with Crippen LogP contribution in [0.1, 0.15) is 6.42 Å². The van der Waals surface area contributed by atoms with E-state index in [-0.39, 0.29) is 5.56 Å². The van der Waals surface area contributed by atoms with E-state index in [1.54, 1.807) is 6.07 Å². The predicted octanol–water partition coefficient (Wildman–Crippen LogP) is 2.44. The average Bonchev–Trinajstić information content (AvgIpc) is 2.96. The number of nitrogens with two attached hydrogens (primary N) is 1. The number of nitrogen functional groups attached to an aromatic ring is 1. The van der Waals surface area contributed by atoms with Gasteiger partial charge in [0, 0.05) is 29.3 Å². The smallest absolute Gasteiger partial charge is 0.257 e. The van der Waals surface area contributed by atoms with E-state index in [0.29, 0.717) is 17.9 Å². The molecule has 126 valence electrons. The largest absolute Gasteiger partial charge is 0.494 e. The molecule has 0 aliphatic carbocycles. The van der Waals surface area contributed by atoms with E-state index in [0.717, 1.165) is 35.3 Å². The number of aromatic amines is 2. The topological polar surface area (TPSA) is 87.1 Å². The summed E-state index contributed by atoms with van der Waals surface area (Å²) in [6.45, 7) is 1.67. The lowest BCUT2D eigenvalue weighted by atomic mass is 10.2. The van der Waals surface area contributed by atoms with Crippen molar-refractivity contribution >= 4 is 16.6 Å². The van der Waals surface area contributed by atoms with Crippen LogP contribution in [-0.2, 0) is 0 Å². The fourth-order valence-corrected chi connectivity index (χ4v) is 2.62. The molecule has 4 N–H and O–H groups in total. The lowest BCUT2D eigenvalue weighted by Gasteiger charge is -2.10. The van der Waals surface area contributed by atoms with E-state index in [1.165, 1.54) is 6.20 Å². The second-order valence-electron chi connectivity index (χ2n) is 6.11. The lowest BCUT2D eigenvalue weighted by molar-refractivity contribution is 0.282. The van der Waals surface area contributed by atoms with Gasteiger partial charge >= 0.3 is 0 Å². The van der Waals surface area contributed by atoms with Gasteiger partial charge in [-0.25, -0.2) is 0 Å². The van der Waals surface area contributed by atoms with Gasteiger partial charge in [-0.1, -0.05) is 0 Å². The van der Waals surface area contributed by atoms with Gasteiger partial charge in [0.15, 0.2) is 0 Å². The molecule has 0 aliphatic heterocycles. The summed E-state index contributed by atoms with van der Waals surface area (Å²) in [6.07, 6.45) is 2.47. The van der Waals surface area contributed by atoms with Crippen molar-refractivity contribution in [3.63, 3.8) is 0 Å². The van der Waals surface area contributed by atoms with Crippen molar-refractivity contribution in [3.8, 4) is 17.0 Å². The molecule has 2 aromatic heterocycles. The van der Waals surface area contributed by atoms with E-state index in [2.05, 4.69) is 14.9 Å². The summed E-state index contributed by atoms with van der Waals surface area (Å²) in [5.74, 6) is 0.827. The Morgan fingerprint density at radius 2 is 2.04 bits per heavy atom. The molecular weight excluding hydrogens is 304 g/mol. The van der Waals surface area contributed by atoms with Crippen LogP contribution in [0, 0.1) is 0 Å². The van der Waals surface area contributed by atoms with Crippen LogP contribution in [0.5, 0.6) is 5.75 Å². The van der Waals surface area contributed by atoms with Gasteiger partial charge in [0.25, 0.3) is 5.56 Å². The minimum atomic E-state index is -0.170. The van der Waals surface area contributed by atoms with Crippen LogP contribution >= 0.6 is 0 Å². The number of hydrogen-bond acceptors (Lipinski definition) is 4. The molecule has 0 bridgehead atoms. The molecule has 0 saturated heterocycles. The number of fused-ring (bicyclic) bond motifs is 1. The second-order valence-corrected chi connectivity index (χ2v) is 6.11. The zero-order valence-electron chi connectivity index (χ0n) is 13.9. The number of rotatable bonds is 6. The summed E-state index contributed by atoms with van der Waals surface area (Å²) in [5, 5.41) is 0.997. The van der Waals surface area contributed by atoms with Gasteiger partial charge in [0.1, 0.15) is 5.75 Å². The molecule has 0 atom stereocenters. The third kappa shape index (κ3) is 3.60. The number of hydrogen-bond donors (Lipinski definition) is 3. The molecule has 0 saturated carbocycles. The van der Waals surface area contributed by atoms with Crippen molar-refractivity contribution in [3.05, 3.63) is 46.9 Å². The van der Waals surface area contributed by atoms with Gasteiger partial charge in [-0.3, -0.25) is 4.79 Å². The first-order chi connectivity index (χ1) is 11.5. The number of benzene rings is 1. The van der Waals surface area contributed by atoms with E-state index in [9.17, 15) is 4.79 Å². The van der Waals surface area contributed by atoms with Crippen LogP contribution in [0.3, 0.4) is 0 Å². The number of nitrogens with zero attached hydrogens (tertiary/aromatic N) is 1. The molecule has 0 unspecified atom stereocenters. The monoisotopic (exact) mass is 326 g/mol. The summed E-state index contributed by atoms with van der Waals surface area (Å²) < 4.78 is 5.79. The molecule has 6 heteroatoms. The Morgan fingerprint density at radius 3 is 2.83 bits per heavy atom. The molecule has 3 aromatic rings. The maximum absolute atomic E-state index is 12.0. The van der Waals surface area contributed by atoms with Gasteiger partial charge in [0.05, 0.1) is 17.9 Å². The van der Waals surface area contributed by atoms with Gasteiger partial charge in [-0.15, -0.1) is 0 Å². The Kier molecular flexibility index (Phi) is 4.57. The van der Waals surface area contributed by atoms with Crippen molar-refractivity contribution in [1.82, 2.24) is 14.9 Å². The van der Waals surface area contributed by atoms with Crippen LogP contribution in [0.4, 0.5) is 5.69 Å². The number of anilines is 1. The zero-order chi connectivity index (χ0) is 17.1. The summed E-state index contributed by atoms with van der Waals surface area (Å²) in [5.41, 5.74) is 8.33. The van der Waals surface area contributed by atoms with Crippen LogP contribution in [-0.4, -0.2) is 42.1 Å². The molecule has 0 amide bonds. The number of nitrogens with one attached hydrogen (secondary N) is 2. The maximum atomic E-state index is 12.0. The Hall–Kier alpha value is -2.73. The molecule has 0 radical (unpaired) electrons. The second kappa shape index (κ2) is 6.80. The average molecular weight is 326 g/mol. The van der Waals surface area contributed by atoms with Crippen molar-refractivity contribution in [1.29, 1.82) is 0 Å². The zero-order valence-corrected chi connectivity index (χ0v) is 13.9. The minimum Gasteiger partial charge on any atom is -0.494 e. The molecule has 0 fully saturated rings. The molecule has 24 heavy (non-hydrogen) atoms. The first-order valence-electron chi connectivity index (χ1n) is 7.92. The minimum absolute atomic E-state index is 0.170. The quantitative estimate of drug-likeness (QED) is 0.607. The van der Waals surface area contributed by atoms with Gasteiger partial charge in [-0.05, 0) is 50.8 Å². The number of H-pyrrole nitrogens is 2. The molecule has 6 nitrogen and oxygen atoms in total. The highest BCUT2D eigenvalue weighted by atomic mass is 16.5. The summed E-state index contributed by atoms with van der Waals surface area (Å²) in [6, 6.07) is 9.47. The van der Waals surface area contributed by atoms with Crippen LogP contribution < -0.4 is 16.0 Å². The molecule has 2 heterocycles. The standard InChI is InChI=1S/C18H22N4O2/c1-22(2)6-3-7-24-14-4-5-16-12(8-14)9-17(21-16)15-10-13(19)11-20-18(15)23/h4-5,8-11,21H,3,6-7,19H2,1-2H3,(H,20,23). The van der Waals surface area contributed by atoms with E-state index in [1.807, 2.05) is 38.4 Å². The molecule has 3 rings (SSSR count). The lowest BCUT2D eigenvalue weighted by Crippen LogP contribution is -2.15. The first-order valence-corrected chi connectivity index (χ1v) is 7.92. The Labute approximate surface area is 140 Å². The van der Waals surface area contributed by atoms with E-state index in [4.69, 9.17) is 10.5 Å². The molecular formula is C18H22N4O2. The fourth-order valence-electron chi connectivity index (χ4n) is 2.62. The van der Waals surface area contributed by atoms with E-state index < -0.39 is 0 Å². The highest BCUT2D eigenvalue weighted by molar-refractivity contribution is 5.87. The number of ether oxygens (including phenoxy) is 1. The van der Waals surface area contributed by atoms with Crippen molar-refractivity contribution in [2.75, 3.05) is 33.0 Å². The van der Waals surface area contributed by atoms with Gasteiger partial charge in [-0.2, -0.15) is 0 Å². The first kappa shape index (κ1) is 16.1. The van der Waals surface area contributed by atoms with Crippen LogP contribution in [0.25, 0.3) is 22.2 Å². The van der Waals surface area contributed by atoms with Gasteiger partial charge in [0.2, 0.25) is 0 Å². The third-order valence-electron chi connectivity index (χ3n) is 3.83. The Bertz CT molecular complexity index is 895.